The number of rotatable bonds is 6. The second kappa shape index (κ2) is 6.62. The van der Waals surface area contributed by atoms with Crippen molar-refractivity contribution in [2.75, 3.05) is 7.05 Å². The van der Waals surface area contributed by atoms with Crippen molar-refractivity contribution in [1.82, 2.24) is 5.32 Å². The largest absolute Gasteiger partial charge is 0.448 e. The Labute approximate surface area is 113 Å². The molecule has 2 aromatic rings. The summed E-state index contributed by atoms with van der Waals surface area (Å²) in [5.74, 6) is 0.913. The lowest BCUT2D eigenvalue weighted by molar-refractivity contribution is 0.409. The number of aryl methyl sites for hydroxylation is 1. The van der Waals surface area contributed by atoms with E-state index in [4.69, 9.17) is 16.0 Å². The van der Waals surface area contributed by atoms with Crippen molar-refractivity contribution < 1.29 is 4.42 Å². The van der Waals surface area contributed by atoms with E-state index in [1.54, 1.807) is 6.07 Å². The van der Waals surface area contributed by atoms with Crippen LogP contribution in [0.5, 0.6) is 0 Å². The molecule has 1 aromatic carbocycles. The molecule has 18 heavy (non-hydrogen) atoms. The van der Waals surface area contributed by atoms with E-state index in [9.17, 15) is 0 Å². The second-order valence-electron chi connectivity index (χ2n) is 4.36. The maximum absolute atomic E-state index is 5.80. The van der Waals surface area contributed by atoms with Gasteiger partial charge < -0.3 is 9.73 Å². The van der Waals surface area contributed by atoms with Crippen LogP contribution < -0.4 is 5.32 Å². The summed E-state index contributed by atoms with van der Waals surface area (Å²) in [6.07, 6.45) is 3.25. The fraction of sp³-hybridized carbons (Fsp3) is 0.333. The summed E-state index contributed by atoms with van der Waals surface area (Å²) in [5.41, 5.74) is 1.38. The van der Waals surface area contributed by atoms with Crippen LogP contribution in [-0.4, -0.2) is 7.05 Å². The molecule has 0 aliphatic carbocycles. The average molecular weight is 264 g/mol. The lowest BCUT2D eigenvalue weighted by Gasteiger charge is -2.13. The van der Waals surface area contributed by atoms with Gasteiger partial charge >= 0.3 is 0 Å². The minimum atomic E-state index is 0.237. The molecular formula is C15H18ClNO. The molecule has 0 radical (unpaired) electrons. The molecule has 1 unspecified atom stereocenters. The van der Waals surface area contributed by atoms with Crippen LogP contribution in [0, 0.1) is 0 Å². The molecule has 3 heteroatoms. The highest BCUT2D eigenvalue weighted by Crippen LogP contribution is 2.23. The molecule has 1 atom stereocenters. The quantitative estimate of drug-likeness (QED) is 0.844. The highest BCUT2D eigenvalue weighted by atomic mass is 35.5. The van der Waals surface area contributed by atoms with Crippen molar-refractivity contribution in [1.29, 1.82) is 0 Å². The van der Waals surface area contributed by atoms with E-state index in [1.165, 1.54) is 5.56 Å². The van der Waals surface area contributed by atoms with E-state index in [0.29, 0.717) is 5.22 Å². The van der Waals surface area contributed by atoms with Crippen LogP contribution in [0.25, 0.3) is 0 Å². The Kier molecular flexibility index (Phi) is 4.85. The highest BCUT2D eigenvalue weighted by Gasteiger charge is 2.12. The molecule has 0 aliphatic rings. The number of benzene rings is 1. The van der Waals surface area contributed by atoms with Gasteiger partial charge in [0.05, 0.1) is 6.04 Å². The first-order chi connectivity index (χ1) is 8.79. The number of furan rings is 1. The van der Waals surface area contributed by atoms with Crippen molar-refractivity contribution in [3.05, 3.63) is 59.0 Å². The van der Waals surface area contributed by atoms with Crippen molar-refractivity contribution >= 4 is 11.6 Å². The number of halogens is 1. The lowest BCUT2D eigenvalue weighted by atomic mass is 10.0. The van der Waals surface area contributed by atoms with Crippen LogP contribution in [0.1, 0.15) is 30.2 Å². The zero-order valence-corrected chi connectivity index (χ0v) is 11.3. The molecule has 1 aromatic heterocycles. The van der Waals surface area contributed by atoms with E-state index in [1.807, 2.05) is 19.2 Å². The van der Waals surface area contributed by atoms with Gasteiger partial charge in [0.1, 0.15) is 5.76 Å². The van der Waals surface area contributed by atoms with E-state index < -0.39 is 0 Å². The standard InChI is InChI=1S/C15H18ClNO/c1-17-13(14-10-11-15(16)18-14)9-5-8-12-6-3-2-4-7-12/h2-4,6-7,10-11,13,17H,5,8-9H2,1H3. The molecule has 0 spiro atoms. The van der Waals surface area contributed by atoms with Gasteiger partial charge in [0.25, 0.3) is 0 Å². The van der Waals surface area contributed by atoms with Crippen LogP contribution in [0.15, 0.2) is 46.9 Å². The smallest absolute Gasteiger partial charge is 0.193 e. The number of hydrogen-bond acceptors (Lipinski definition) is 2. The molecule has 0 bridgehead atoms. The Morgan fingerprint density at radius 2 is 1.94 bits per heavy atom. The molecule has 2 rings (SSSR count). The van der Waals surface area contributed by atoms with E-state index in [2.05, 4.69) is 29.6 Å². The third kappa shape index (κ3) is 3.62. The molecule has 1 heterocycles. The third-order valence-corrected chi connectivity index (χ3v) is 3.29. The number of hydrogen-bond donors (Lipinski definition) is 1. The van der Waals surface area contributed by atoms with Crippen LogP contribution in [0.4, 0.5) is 0 Å². The van der Waals surface area contributed by atoms with Gasteiger partial charge in [0, 0.05) is 0 Å². The topological polar surface area (TPSA) is 25.2 Å². The summed E-state index contributed by atoms with van der Waals surface area (Å²) < 4.78 is 5.44. The zero-order valence-electron chi connectivity index (χ0n) is 10.5. The van der Waals surface area contributed by atoms with E-state index in [0.717, 1.165) is 25.0 Å². The van der Waals surface area contributed by atoms with E-state index in [-0.39, 0.29) is 6.04 Å². The van der Waals surface area contributed by atoms with Gasteiger partial charge in [0.15, 0.2) is 5.22 Å². The first-order valence-corrected chi connectivity index (χ1v) is 6.64. The Morgan fingerprint density at radius 1 is 1.17 bits per heavy atom. The van der Waals surface area contributed by atoms with Gasteiger partial charge in [-0.25, -0.2) is 0 Å². The van der Waals surface area contributed by atoms with Gasteiger partial charge in [0.2, 0.25) is 0 Å². The molecule has 1 N–H and O–H groups in total. The summed E-state index contributed by atoms with van der Waals surface area (Å²) in [7, 11) is 1.95. The van der Waals surface area contributed by atoms with Crippen molar-refractivity contribution in [3.63, 3.8) is 0 Å². The van der Waals surface area contributed by atoms with Gasteiger partial charge in [-0.2, -0.15) is 0 Å². The normalized spacial score (nSPS) is 12.6. The van der Waals surface area contributed by atoms with Crippen LogP contribution in [0.2, 0.25) is 5.22 Å². The summed E-state index contributed by atoms with van der Waals surface area (Å²) >= 11 is 5.80. The maximum atomic E-state index is 5.80. The van der Waals surface area contributed by atoms with Gasteiger partial charge in [-0.3, -0.25) is 0 Å². The molecule has 0 saturated carbocycles. The monoisotopic (exact) mass is 263 g/mol. The lowest BCUT2D eigenvalue weighted by Crippen LogP contribution is -2.15. The fourth-order valence-electron chi connectivity index (χ4n) is 2.10. The Morgan fingerprint density at radius 3 is 2.56 bits per heavy atom. The molecule has 0 aliphatic heterocycles. The SMILES string of the molecule is CNC(CCCc1ccccc1)c1ccc(Cl)o1. The minimum absolute atomic E-state index is 0.237. The second-order valence-corrected chi connectivity index (χ2v) is 4.73. The summed E-state index contributed by atoms with van der Waals surface area (Å²) in [4.78, 5) is 0. The highest BCUT2D eigenvalue weighted by molar-refractivity contribution is 6.28. The minimum Gasteiger partial charge on any atom is -0.448 e. The summed E-state index contributed by atoms with van der Waals surface area (Å²) in [6.45, 7) is 0. The Hall–Kier alpha value is -1.25. The molecule has 96 valence electrons. The van der Waals surface area contributed by atoms with Crippen molar-refractivity contribution in [3.8, 4) is 0 Å². The molecule has 0 saturated heterocycles. The molecule has 0 fully saturated rings. The van der Waals surface area contributed by atoms with Gasteiger partial charge in [-0.05, 0) is 55.6 Å². The predicted molar refractivity (Wildman–Crippen MR) is 74.9 cm³/mol. The zero-order chi connectivity index (χ0) is 12.8. The third-order valence-electron chi connectivity index (χ3n) is 3.09. The fourth-order valence-corrected chi connectivity index (χ4v) is 2.25. The van der Waals surface area contributed by atoms with Crippen LogP contribution >= 0.6 is 11.6 Å². The Balaban J connectivity index is 1.85. The summed E-state index contributed by atoms with van der Waals surface area (Å²) in [6, 6.07) is 14.5. The number of nitrogens with one attached hydrogen (secondary N) is 1. The van der Waals surface area contributed by atoms with Gasteiger partial charge in [-0.1, -0.05) is 30.3 Å². The first kappa shape index (κ1) is 13.2. The van der Waals surface area contributed by atoms with Crippen molar-refractivity contribution in [2.45, 2.75) is 25.3 Å². The maximum Gasteiger partial charge on any atom is 0.193 e. The first-order valence-electron chi connectivity index (χ1n) is 6.26. The van der Waals surface area contributed by atoms with Crippen LogP contribution in [-0.2, 0) is 6.42 Å². The molecule has 2 nitrogen and oxygen atoms in total. The van der Waals surface area contributed by atoms with Crippen molar-refractivity contribution in [2.24, 2.45) is 0 Å². The van der Waals surface area contributed by atoms with Crippen LogP contribution in [0.3, 0.4) is 0 Å². The van der Waals surface area contributed by atoms with Gasteiger partial charge in [-0.15, -0.1) is 0 Å². The Bertz CT molecular complexity index is 466. The molecular weight excluding hydrogens is 246 g/mol. The predicted octanol–water partition coefficient (Wildman–Crippen LogP) is 4.22. The average Bonchev–Trinajstić information content (AvgIpc) is 2.82. The van der Waals surface area contributed by atoms with E-state index >= 15 is 0 Å². The molecule has 0 amide bonds. The summed E-state index contributed by atoms with van der Waals surface area (Å²) in [5, 5.41) is 3.72.